The summed E-state index contributed by atoms with van der Waals surface area (Å²) in [6.45, 7) is 3.01. The Hall–Kier alpha value is -1.15. The number of carbonyl (C=O) groups excluding carboxylic acids is 1. The van der Waals surface area contributed by atoms with Crippen LogP contribution in [0.2, 0.25) is 0 Å². The van der Waals surface area contributed by atoms with Crippen LogP contribution in [-0.4, -0.2) is 18.4 Å². The summed E-state index contributed by atoms with van der Waals surface area (Å²) in [6, 6.07) is 9.06. The number of nitrogens with one attached hydrogen (secondary N) is 1. The van der Waals surface area contributed by atoms with E-state index in [1.807, 2.05) is 0 Å². The minimum Gasteiger partial charge on any atom is -0.313 e. The van der Waals surface area contributed by atoms with E-state index < -0.39 is 0 Å². The number of piperidine rings is 1. The molecule has 1 saturated heterocycles. The Morgan fingerprint density at radius 2 is 1.94 bits per heavy atom. The summed E-state index contributed by atoms with van der Waals surface area (Å²) in [6.07, 6.45) is 3.44. The molecule has 1 atom stereocenters. The topological polar surface area (TPSA) is 29.1 Å². The zero-order valence-electron chi connectivity index (χ0n) is 9.83. The highest BCUT2D eigenvalue weighted by Crippen LogP contribution is 2.12. The van der Waals surface area contributed by atoms with E-state index in [1.54, 1.807) is 0 Å². The van der Waals surface area contributed by atoms with Gasteiger partial charge in [-0.15, -0.1) is 0 Å². The quantitative estimate of drug-likeness (QED) is 0.840. The van der Waals surface area contributed by atoms with Crippen molar-refractivity contribution in [1.82, 2.24) is 5.32 Å². The van der Waals surface area contributed by atoms with E-state index in [4.69, 9.17) is 0 Å². The maximum Gasteiger partial charge on any atom is 0.135 e. The van der Waals surface area contributed by atoms with E-state index in [2.05, 4.69) is 36.5 Å². The molecule has 0 spiro atoms. The van der Waals surface area contributed by atoms with Gasteiger partial charge in [-0.2, -0.15) is 0 Å². The van der Waals surface area contributed by atoms with Crippen LogP contribution in [0.3, 0.4) is 0 Å². The molecule has 0 saturated carbocycles. The second-order valence-corrected chi connectivity index (χ2v) is 4.52. The van der Waals surface area contributed by atoms with E-state index in [9.17, 15) is 4.79 Å². The highest BCUT2D eigenvalue weighted by molar-refractivity contribution is 5.80. The molecular formula is C14H19NO. The van der Waals surface area contributed by atoms with Gasteiger partial charge < -0.3 is 5.32 Å². The van der Waals surface area contributed by atoms with Crippen LogP contribution in [0.15, 0.2) is 24.3 Å². The minimum atomic E-state index is 0.341. The average Bonchev–Trinajstić information content (AvgIpc) is 2.30. The smallest absolute Gasteiger partial charge is 0.135 e. The van der Waals surface area contributed by atoms with Gasteiger partial charge >= 0.3 is 0 Å². The Morgan fingerprint density at radius 1 is 1.25 bits per heavy atom. The summed E-state index contributed by atoms with van der Waals surface area (Å²) in [5, 5.41) is 3.41. The van der Waals surface area contributed by atoms with E-state index in [1.165, 1.54) is 11.1 Å². The first-order valence-electron chi connectivity index (χ1n) is 6.11. The third-order valence-electron chi connectivity index (χ3n) is 3.22. The normalized spacial score (nSPS) is 21.1. The Morgan fingerprint density at radius 3 is 2.56 bits per heavy atom. The first-order chi connectivity index (χ1) is 7.78. The largest absolute Gasteiger partial charge is 0.313 e. The molecular weight excluding hydrogens is 198 g/mol. The maximum absolute atomic E-state index is 11.3. The number of carbonyl (C=O) groups is 1. The van der Waals surface area contributed by atoms with Gasteiger partial charge in [0, 0.05) is 25.4 Å². The molecule has 1 aliphatic heterocycles. The molecule has 1 N–H and O–H groups in total. The predicted octanol–water partition coefficient (Wildman–Crippen LogP) is 2.11. The fourth-order valence-electron chi connectivity index (χ4n) is 2.20. The molecule has 16 heavy (non-hydrogen) atoms. The Kier molecular flexibility index (Phi) is 3.73. The van der Waals surface area contributed by atoms with E-state index in [0.29, 0.717) is 24.7 Å². The molecule has 1 unspecified atom stereocenters. The van der Waals surface area contributed by atoms with Crippen molar-refractivity contribution in [3.63, 3.8) is 0 Å². The van der Waals surface area contributed by atoms with E-state index >= 15 is 0 Å². The van der Waals surface area contributed by atoms with Gasteiger partial charge in [0.25, 0.3) is 0 Å². The van der Waals surface area contributed by atoms with Gasteiger partial charge in [-0.25, -0.2) is 0 Å². The predicted molar refractivity (Wildman–Crippen MR) is 65.6 cm³/mol. The first kappa shape index (κ1) is 11.3. The van der Waals surface area contributed by atoms with Gasteiger partial charge in [0.15, 0.2) is 0 Å². The summed E-state index contributed by atoms with van der Waals surface area (Å²) in [5.74, 6) is 0.397. The fourth-order valence-corrected chi connectivity index (χ4v) is 2.20. The molecule has 0 radical (unpaired) electrons. The minimum absolute atomic E-state index is 0.341. The molecule has 1 fully saturated rings. The highest BCUT2D eigenvalue weighted by Gasteiger charge is 2.18. The van der Waals surface area contributed by atoms with Gasteiger partial charge in [0.05, 0.1) is 0 Å². The molecule has 0 aliphatic carbocycles. The number of hydrogen-bond acceptors (Lipinski definition) is 2. The fraction of sp³-hybridized carbons (Fsp3) is 0.500. The molecule has 2 heteroatoms. The van der Waals surface area contributed by atoms with Crippen molar-refractivity contribution >= 4 is 5.78 Å². The summed E-state index contributed by atoms with van der Waals surface area (Å²) in [4.78, 5) is 11.3. The molecule has 1 aliphatic rings. The number of aryl methyl sites for hydroxylation is 1. The van der Waals surface area contributed by atoms with Crippen molar-refractivity contribution in [2.24, 2.45) is 0 Å². The van der Waals surface area contributed by atoms with Crippen molar-refractivity contribution in [3.05, 3.63) is 35.4 Å². The van der Waals surface area contributed by atoms with Gasteiger partial charge in [-0.3, -0.25) is 4.79 Å². The molecule has 86 valence electrons. The highest BCUT2D eigenvalue weighted by atomic mass is 16.1. The second-order valence-electron chi connectivity index (χ2n) is 4.52. The maximum atomic E-state index is 11.3. The van der Waals surface area contributed by atoms with Crippen molar-refractivity contribution in [2.75, 3.05) is 6.54 Å². The Balaban J connectivity index is 1.94. The van der Waals surface area contributed by atoms with E-state index in [0.717, 1.165) is 19.4 Å². The van der Waals surface area contributed by atoms with Crippen LogP contribution < -0.4 is 5.32 Å². The number of hydrogen-bond donors (Lipinski definition) is 1. The monoisotopic (exact) mass is 217 g/mol. The Bertz CT molecular complexity index is 356. The molecule has 0 amide bonds. The number of ketones is 1. The van der Waals surface area contributed by atoms with Crippen molar-refractivity contribution in [1.29, 1.82) is 0 Å². The molecule has 0 aromatic heterocycles. The van der Waals surface area contributed by atoms with Crippen LogP contribution in [0.4, 0.5) is 0 Å². The van der Waals surface area contributed by atoms with Gasteiger partial charge in [0.1, 0.15) is 5.78 Å². The lowest BCUT2D eigenvalue weighted by atomic mass is 9.96. The van der Waals surface area contributed by atoms with E-state index in [-0.39, 0.29) is 0 Å². The van der Waals surface area contributed by atoms with Crippen LogP contribution in [0.1, 0.15) is 30.9 Å². The van der Waals surface area contributed by atoms with Crippen LogP contribution >= 0.6 is 0 Å². The van der Waals surface area contributed by atoms with Crippen LogP contribution in [0.25, 0.3) is 0 Å². The number of rotatable bonds is 3. The SMILES string of the molecule is CCc1ccc(CC2CC(=O)CCN2)cc1. The summed E-state index contributed by atoms with van der Waals surface area (Å²) < 4.78 is 0. The zero-order chi connectivity index (χ0) is 11.4. The van der Waals surface area contributed by atoms with Crippen LogP contribution in [0, 0.1) is 0 Å². The standard InChI is InChI=1S/C14H19NO/c1-2-11-3-5-12(6-4-11)9-13-10-14(16)7-8-15-13/h3-6,13,15H,2,7-10H2,1H3. The number of benzene rings is 1. The van der Waals surface area contributed by atoms with Gasteiger partial charge in [0.2, 0.25) is 0 Å². The zero-order valence-corrected chi connectivity index (χ0v) is 9.83. The van der Waals surface area contributed by atoms with Crippen molar-refractivity contribution < 1.29 is 4.79 Å². The summed E-state index contributed by atoms with van der Waals surface area (Å²) >= 11 is 0. The molecule has 2 rings (SSSR count). The lowest BCUT2D eigenvalue weighted by molar-refractivity contribution is -0.120. The third-order valence-corrected chi connectivity index (χ3v) is 3.22. The molecule has 1 heterocycles. The summed E-state index contributed by atoms with van der Waals surface area (Å²) in [7, 11) is 0. The molecule has 1 aromatic rings. The molecule has 0 bridgehead atoms. The lowest BCUT2D eigenvalue weighted by Gasteiger charge is -2.22. The third kappa shape index (κ3) is 2.92. The molecule has 1 aromatic carbocycles. The van der Waals surface area contributed by atoms with Crippen molar-refractivity contribution in [3.8, 4) is 0 Å². The lowest BCUT2D eigenvalue weighted by Crippen LogP contribution is -2.39. The van der Waals surface area contributed by atoms with Crippen molar-refractivity contribution in [2.45, 2.75) is 38.6 Å². The Labute approximate surface area is 97.1 Å². The average molecular weight is 217 g/mol. The number of Topliss-reactive ketones (excluding diaryl/α,β-unsaturated/α-hetero) is 1. The van der Waals surface area contributed by atoms with Crippen LogP contribution in [-0.2, 0) is 17.6 Å². The van der Waals surface area contributed by atoms with Gasteiger partial charge in [-0.05, 0) is 24.0 Å². The molecule has 2 nitrogen and oxygen atoms in total. The van der Waals surface area contributed by atoms with Crippen LogP contribution in [0.5, 0.6) is 0 Å². The van der Waals surface area contributed by atoms with Gasteiger partial charge in [-0.1, -0.05) is 31.2 Å². The summed E-state index contributed by atoms with van der Waals surface area (Å²) in [5.41, 5.74) is 2.70. The second kappa shape index (κ2) is 5.26. The first-order valence-corrected chi connectivity index (χ1v) is 6.11.